The molecule has 5 heteroatoms. The highest BCUT2D eigenvalue weighted by Crippen LogP contribution is 2.25. The van der Waals surface area contributed by atoms with Crippen molar-refractivity contribution in [1.29, 1.82) is 0 Å². The molecule has 0 spiro atoms. The van der Waals surface area contributed by atoms with Crippen LogP contribution < -0.4 is 5.73 Å². The summed E-state index contributed by atoms with van der Waals surface area (Å²) < 4.78 is 0. The lowest BCUT2D eigenvalue weighted by molar-refractivity contribution is 0.308. The standard InChI is InChI=1S/C13H18Cl2N2.ClH/c1-9(16)10-4-5-17(7-10)8-11-2-3-12(14)6-13(11)15;/h2-3,6,9-10H,4-5,7-8,16H2,1H3;1H. The molecule has 0 radical (unpaired) electrons. The van der Waals surface area contributed by atoms with Crippen LogP contribution in [0.1, 0.15) is 18.9 Å². The van der Waals surface area contributed by atoms with Gasteiger partial charge in [0.15, 0.2) is 0 Å². The first-order chi connectivity index (χ1) is 8.06. The Kier molecular flexibility index (Phi) is 6.22. The molecular weight excluding hydrogens is 291 g/mol. The Morgan fingerprint density at radius 3 is 2.72 bits per heavy atom. The summed E-state index contributed by atoms with van der Waals surface area (Å²) in [6.45, 7) is 5.14. The van der Waals surface area contributed by atoms with Crippen LogP contribution in [-0.2, 0) is 6.54 Å². The van der Waals surface area contributed by atoms with E-state index in [1.807, 2.05) is 12.1 Å². The van der Waals surface area contributed by atoms with Crippen LogP contribution in [0.15, 0.2) is 18.2 Å². The predicted octanol–water partition coefficient (Wildman–Crippen LogP) is 3.58. The Bertz CT molecular complexity index is 396. The highest BCUT2D eigenvalue weighted by molar-refractivity contribution is 6.35. The fraction of sp³-hybridized carbons (Fsp3) is 0.538. The number of halogens is 3. The molecule has 1 fully saturated rings. The van der Waals surface area contributed by atoms with E-state index in [1.54, 1.807) is 6.07 Å². The second-order valence-electron chi connectivity index (χ2n) is 4.88. The molecule has 0 aromatic heterocycles. The molecule has 2 rings (SSSR count). The first-order valence-corrected chi connectivity index (χ1v) is 6.73. The molecule has 2 nitrogen and oxygen atoms in total. The molecule has 0 amide bonds. The van der Waals surface area contributed by atoms with Crippen molar-refractivity contribution in [3.05, 3.63) is 33.8 Å². The lowest BCUT2D eigenvalue weighted by Gasteiger charge is -2.18. The lowest BCUT2D eigenvalue weighted by Crippen LogP contribution is -2.29. The molecule has 0 aliphatic carbocycles. The van der Waals surface area contributed by atoms with Crippen LogP contribution in [0.2, 0.25) is 10.0 Å². The average molecular weight is 310 g/mol. The van der Waals surface area contributed by atoms with Crippen LogP contribution >= 0.6 is 35.6 Å². The largest absolute Gasteiger partial charge is 0.328 e. The second kappa shape index (κ2) is 6.97. The minimum absolute atomic E-state index is 0. The van der Waals surface area contributed by atoms with Crippen LogP contribution in [0, 0.1) is 5.92 Å². The third-order valence-electron chi connectivity index (χ3n) is 3.46. The van der Waals surface area contributed by atoms with Crippen molar-refractivity contribution in [3.63, 3.8) is 0 Å². The third kappa shape index (κ3) is 4.01. The summed E-state index contributed by atoms with van der Waals surface area (Å²) in [5.41, 5.74) is 7.07. The summed E-state index contributed by atoms with van der Waals surface area (Å²) in [6, 6.07) is 5.98. The van der Waals surface area contributed by atoms with Gasteiger partial charge in [0, 0.05) is 29.2 Å². The van der Waals surface area contributed by atoms with Gasteiger partial charge in [0.2, 0.25) is 0 Å². The second-order valence-corrected chi connectivity index (χ2v) is 5.72. The monoisotopic (exact) mass is 308 g/mol. The normalized spacial score (nSPS) is 21.7. The summed E-state index contributed by atoms with van der Waals surface area (Å²) in [5, 5.41) is 1.44. The van der Waals surface area contributed by atoms with Crippen LogP contribution in [0.5, 0.6) is 0 Å². The summed E-state index contributed by atoms with van der Waals surface area (Å²) in [4.78, 5) is 2.41. The van der Waals surface area contributed by atoms with Crippen molar-refractivity contribution in [2.75, 3.05) is 13.1 Å². The minimum atomic E-state index is 0. The van der Waals surface area contributed by atoms with Gasteiger partial charge in [0.1, 0.15) is 0 Å². The Hall–Kier alpha value is 0.01000. The average Bonchev–Trinajstić information content (AvgIpc) is 2.71. The number of nitrogens with zero attached hydrogens (tertiary/aromatic N) is 1. The lowest BCUT2D eigenvalue weighted by atomic mass is 10.0. The van der Waals surface area contributed by atoms with E-state index in [1.165, 1.54) is 6.42 Å². The minimum Gasteiger partial charge on any atom is -0.328 e. The van der Waals surface area contributed by atoms with Gasteiger partial charge in [-0.2, -0.15) is 0 Å². The van der Waals surface area contributed by atoms with E-state index in [-0.39, 0.29) is 18.4 Å². The maximum absolute atomic E-state index is 6.17. The first kappa shape index (κ1) is 16.1. The Labute approximate surface area is 125 Å². The number of hydrogen-bond donors (Lipinski definition) is 1. The van der Waals surface area contributed by atoms with Crippen molar-refractivity contribution >= 4 is 35.6 Å². The van der Waals surface area contributed by atoms with E-state index in [2.05, 4.69) is 11.8 Å². The van der Waals surface area contributed by atoms with E-state index in [0.717, 1.165) is 30.2 Å². The zero-order valence-corrected chi connectivity index (χ0v) is 12.7. The van der Waals surface area contributed by atoms with Gasteiger partial charge < -0.3 is 5.73 Å². The molecule has 1 aliphatic heterocycles. The molecule has 1 heterocycles. The summed E-state index contributed by atoms with van der Waals surface area (Å²) in [7, 11) is 0. The van der Waals surface area contributed by atoms with Gasteiger partial charge in [0.25, 0.3) is 0 Å². The van der Waals surface area contributed by atoms with Gasteiger partial charge in [-0.05, 0) is 43.5 Å². The van der Waals surface area contributed by atoms with Crippen molar-refractivity contribution < 1.29 is 0 Å². The van der Waals surface area contributed by atoms with Crippen LogP contribution in [-0.4, -0.2) is 24.0 Å². The van der Waals surface area contributed by atoms with E-state index in [0.29, 0.717) is 10.9 Å². The Morgan fingerprint density at radius 1 is 1.44 bits per heavy atom. The summed E-state index contributed by atoms with van der Waals surface area (Å²) >= 11 is 12.1. The molecule has 1 aliphatic rings. The SMILES string of the molecule is CC(N)C1CCN(Cc2ccc(Cl)cc2Cl)C1.Cl. The van der Waals surface area contributed by atoms with E-state index >= 15 is 0 Å². The molecule has 2 atom stereocenters. The molecule has 2 N–H and O–H groups in total. The topological polar surface area (TPSA) is 29.3 Å². The smallest absolute Gasteiger partial charge is 0.0465 e. The van der Waals surface area contributed by atoms with Gasteiger partial charge >= 0.3 is 0 Å². The molecule has 2 unspecified atom stereocenters. The quantitative estimate of drug-likeness (QED) is 0.924. The van der Waals surface area contributed by atoms with E-state index < -0.39 is 0 Å². The zero-order valence-electron chi connectivity index (χ0n) is 10.4. The molecule has 1 aromatic rings. The molecule has 18 heavy (non-hydrogen) atoms. The zero-order chi connectivity index (χ0) is 12.4. The number of hydrogen-bond acceptors (Lipinski definition) is 2. The fourth-order valence-electron chi connectivity index (χ4n) is 2.33. The number of nitrogens with two attached hydrogens (primary N) is 1. The van der Waals surface area contributed by atoms with Crippen molar-refractivity contribution in [2.24, 2.45) is 11.7 Å². The van der Waals surface area contributed by atoms with Gasteiger partial charge in [-0.3, -0.25) is 4.90 Å². The van der Waals surface area contributed by atoms with Crippen molar-refractivity contribution in [2.45, 2.75) is 25.9 Å². The van der Waals surface area contributed by atoms with Gasteiger partial charge in [-0.15, -0.1) is 12.4 Å². The molecule has 0 bridgehead atoms. The highest BCUT2D eigenvalue weighted by Gasteiger charge is 2.25. The first-order valence-electron chi connectivity index (χ1n) is 5.98. The van der Waals surface area contributed by atoms with Gasteiger partial charge in [0.05, 0.1) is 0 Å². The molecule has 102 valence electrons. The van der Waals surface area contributed by atoms with Gasteiger partial charge in [-0.1, -0.05) is 29.3 Å². The van der Waals surface area contributed by atoms with Crippen molar-refractivity contribution in [1.82, 2.24) is 4.90 Å². The molecular formula is C13H19Cl3N2. The maximum atomic E-state index is 6.17. The number of likely N-dealkylation sites (tertiary alicyclic amines) is 1. The van der Waals surface area contributed by atoms with Crippen LogP contribution in [0.4, 0.5) is 0 Å². The summed E-state index contributed by atoms with van der Waals surface area (Å²) in [6.07, 6.45) is 1.18. The van der Waals surface area contributed by atoms with Crippen LogP contribution in [0.25, 0.3) is 0 Å². The van der Waals surface area contributed by atoms with Crippen molar-refractivity contribution in [3.8, 4) is 0 Å². The Morgan fingerprint density at radius 2 is 2.17 bits per heavy atom. The maximum Gasteiger partial charge on any atom is 0.0465 e. The number of benzene rings is 1. The number of rotatable bonds is 3. The van der Waals surface area contributed by atoms with E-state index in [9.17, 15) is 0 Å². The van der Waals surface area contributed by atoms with E-state index in [4.69, 9.17) is 28.9 Å². The molecule has 1 saturated heterocycles. The Balaban J connectivity index is 0.00000162. The van der Waals surface area contributed by atoms with Gasteiger partial charge in [-0.25, -0.2) is 0 Å². The summed E-state index contributed by atoms with van der Waals surface area (Å²) in [5.74, 6) is 0.612. The fourth-order valence-corrected chi connectivity index (χ4v) is 2.79. The highest BCUT2D eigenvalue weighted by atomic mass is 35.5. The van der Waals surface area contributed by atoms with Crippen LogP contribution in [0.3, 0.4) is 0 Å². The predicted molar refractivity (Wildman–Crippen MR) is 80.7 cm³/mol. The molecule has 1 aromatic carbocycles. The molecule has 0 saturated carbocycles. The third-order valence-corrected chi connectivity index (χ3v) is 4.05.